The normalized spacial score (nSPS) is 22.9. The zero-order valence-corrected chi connectivity index (χ0v) is 14.6. The van der Waals surface area contributed by atoms with Crippen LogP contribution in [0.2, 0.25) is 0 Å². The van der Waals surface area contributed by atoms with Gasteiger partial charge >= 0.3 is 0 Å². The molecule has 2 atom stereocenters. The van der Waals surface area contributed by atoms with Gasteiger partial charge < -0.3 is 10.2 Å². The van der Waals surface area contributed by atoms with Gasteiger partial charge in [-0.05, 0) is 63.9 Å². The Balaban J connectivity index is 1.64. The zero-order valence-electron chi connectivity index (χ0n) is 14.6. The van der Waals surface area contributed by atoms with Crippen LogP contribution in [0.5, 0.6) is 0 Å². The van der Waals surface area contributed by atoms with Crippen LogP contribution >= 0.6 is 0 Å². The molecule has 1 aromatic heterocycles. The van der Waals surface area contributed by atoms with Crippen molar-refractivity contribution in [2.45, 2.75) is 45.2 Å². The monoisotopic (exact) mass is 342 g/mol. The Morgan fingerprint density at radius 1 is 1.20 bits per heavy atom. The first kappa shape index (κ1) is 16.3. The highest BCUT2D eigenvalue weighted by Gasteiger charge is 2.38. The maximum atomic E-state index is 14.7. The van der Waals surface area contributed by atoms with E-state index in [2.05, 4.69) is 10.4 Å². The summed E-state index contributed by atoms with van der Waals surface area (Å²) < 4.78 is 16.3. The smallest absolute Gasteiger partial charge is 0.254 e. The molecule has 0 saturated carbocycles. The van der Waals surface area contributed by atoms with Gasteiger partial charge in [-0.25, -0.2) is 9.07 Å². The molecule has 25 heavy (non-hydrogen) atoms. The Bertz CT molecular complexity index is 802. The summed E-state index contributed by atoms with van der Waals surface area (Å²) in [5, 5.41) is 7.71. The molecule has 6 heteroatoms. The van der Waals surface area contributed by atoms with Crippen molar-refractivity contribution in [1.29, 1.82) is 0 Å². The minimum Gasteiger partial charge on any atom is -0.331 e. The lowest BCUT2D eigenvalue weighted by atomic mass is 10.1. The molecule has 1 N–H and O–H groups in total. The molecule has 2 aliphatic heterocycles. The van der Waals surface area contributed by atoms with Crippen molar-refractivity contribution in [3.05, 3.63) is 47.0 Å². The quantitative estimate of drug-likeness (QED) is 0.913. The number of fused-ring (bicyclic) bond motifs is 2. The van der Waals surface area contributed by atoms with Crippen LogP contribution in [0.15, 0.2) is 24.3 Å². The summed E-state index contributed by atoms with van der Waals surface area (Å²) in [4.78, 5) is 15.0. The third-order valence-electron chi connectivity index (χ3n) is 5.32. The number of hydrogen-bond acceptors (Lipinski definition) is 3. The molecule has 1 aromatic carbocycles. The second-order valence-corrected chi connectivity index (χ2v) is 7.10. The summed E-state index contributed by atoms with van der Waals surface area (Å²) in [7, 11) is 0. The molecule has 0 radical (unpaired) electrons. The number of hydrogen-bond donors (Lipinski definition) is 1. The molecule has 2 unspecified atom stereocenters. The minimum absolute atomic E-state index is 0.0602. The largest absolute Gasteiger partial charge is 0.331 e. The molecule has 132 valence electrons. The summed E-state index contributed by atoms with van der Waals surface area (Å²) in [5.74, 6) is -0.479. The maximum absolute atomic E-state index is 14.7. The summed E-state index contributed by atoms with van der Waals surface area (Å²) >= 11 is 0. The predicted molar refractivity (Wildman–Crippen MR) is 93.5 cm³/mol. The van der Waals surface area contributed by atoms with Crippen LogP contribution in [0.4, 0.5) is 4.39 Å². The molecule has 0 spiro atoms. The lowest BCUT2D eigenvalue weighted by Gasteiger charge is -2.28. The number of nitrogens with zero attached hydrogens (tertiary/aromatic N) is 3. The second kappa shape index (κ2) is 6.26. The minimum atomic E-state index is -0.419. The number of benzene rings is 1. The summed E-state index contributed by atoms with van der Waals surface area (Å²) in [5.41, 5.74) is 2.50. The Morgan fingerprint density at radius 3 is 2.72 bits per heavy atom. The highest BCUT2D eigenvalue weighted by Crippen LogP contribution is 2.30. The molecule has 2 aromatic rings. The van der Waals surface area contributed by atoms with E-state index in [9.17, 15) is 9.18 Å². The van der Waals surface area contributed by atoms with Gasteiger partial charge in [0.2, 0.25) is 0 Å². The van der Waals surface area contributed by atoms with Crippen LogP contribution < -0.4 is 5.32 Å². The first-order chi connectivity index (χ1) is 12.0. The van der Waals surface area contributed by atoms with Crippen LogP contribution in [0.3, 0.4) is 0 Å². The Kier molecular flexibility index (Phi) is 4.07. The van der Waals surface area contributed by atoms with Crippen molar-refractivity contribution < 1.29 is 9.18 Å². The van der Waals surface area contributed by atoms with Crippen LogP contribution in [0.1, 0.15) is 41.0 Å². The van der Waals surface area contributed by atoms with E-state index in [0.717, 1.165) is 43.7 Å². The lowest BCUT2D eigenvalue weighted by Crippen LogP contribution is -2.42. The van der Waals surface area contributed by atoms with Crippen LogP contribution in [0.25, 0.3) is 5.69 Å². The molecule has 0 aliphatic carbocycles. The molecule has 5 nitrogen and oxygen atoms in total. The van der Waals surface area contributed by atoms with Gasteiger partial charge in [0, 0.05) is 29.9 Å². The van der Waals surface area contributed by atoms with E-state index in [0.29, 0.717) is 11.3 Å². The highest BCUT2D eigenvalue weighted by molar-refractivity contribution is 5.95. The van der Waals surface area contributed by atoms with Crippen molar-refractivity contribution in [3.8, 4) is 5.69 Å². The van der Waals surface area contributed by atoms with Crippen LogP contribution in [0, 0.1) is 19.7 Å². The van der Waals surface area contributed by atoms with Crippen molar-refractivity contribution in [3.63, 3.8) is 0 Å². The second-order valence-electron chi connectivity index (χ2n) is 7.10. The highest BCUT2D eigenvalue weighted by atomic mass is 19.1. The third kappa shape index (κ3) is 2.84. The van der Waals surface area contributed by atoms with Gasteiger partial charge in [0.25, 0.3) is 5.91 Å². The van der Waals surface area contributed by atoms with Gasteiger partial charge in [0.15, 0.2) is 0 Å². The van der Waals surface area contributed by atoms with Gasteiger partial charge in [-0.15, -0.1) is 0 Å². The van der Waals surface area contributed by atoms with E-state index in [-0.39, 0.29) is 18.0 Å². The van der Waals surface area contributed by atoms with E-state index < -0.39 is 5.82 Å². The van der Waals surface area contributed by atoms with Gasteiger partial charge in [-0.2, -0.15) is 5.10 Å². The number of aryl methyl sites for hydroxylation is 2. The molecule has 2 saturated heterocycles. The standard InChI is InChI=1S/C19H23FN4O/c1-12-9-13(2)24(22-12)18-6-3-14(10-17(18)20)19(25)23-15-4-5-16(23)11-21-8-7-15/h3,6,9-10,15-16,21H,4-5,7-8,11H2,1-2H3. The van der Waals surface area contributed by atoms with Crippen molar-refractivity contribution >= 4 is 5.91 Å². The molecule has 1 amide bonds. The Hall–Kier alpha value is -2.21. The topological polar surface area (TPSA) is 50.2 Å². The summed E-state index contributed by atoms with van der Waals surface area (Å²) in [6.07, 6.45) is 3.04. The van der Waals surface area contributed by atoms with E-state index in [1.807, 2.05) is 24.8 Å². The van der Waals surface area contributed by atoms with E-state index >= 15 is 0 Å². The molecule has 3 heterocycles. The number of carbonyl (C=O) groups excluding carboxylic acids is 1. The number of amides is 1. The summed E-state index contributed by atoms with van der Waals surface area (Å²) in [6.45, 7) is 5.54. The summed E-state index contributed by atoms with van der Waals surface area (Å²) in [6, 6.07) is 7.12. The zero-order chi connectivity index (χ0) is 17.6. The fourth-order valence-corrected chi connectivity index (χ4v) is 4.15. The average Bonchev–Trinajstić information content (AvgIpc) is 3.03. The maximum Gasteiger partial charge on any atom is 0.254 e. The molecule has 2 aliphatic rings. The molecular formula is C19H23FN4O. The van der Waals surface area contributed by atoms with E-state index in [1.54, 1.807) is 16.8 Å². The number of nitrogens with one attached hydrogen (secondary N) is 1. The van der Waals surface area contributed by atoms with Crippen LogP contribution in [-0.2, 0) is 0 Å². The molecule has 2 fully saturated rings. The van der Waals surface area contributed by atoms with Gasteiger partial charge in [-0.3, -0.25) is 4.79 Å². The lowest BCUT2D eigenvalue weighted by molar-refractivity contribution is 0.0680. The predicted octanol–water partition coefficient (Wildman–Crippen LogP) is 2.59. The van der Waals surface area contributed by atoms with Crippen molar-refractivity contribution in [1.82, 2.24) is 20.0 Å². The first-order valence-electron chi connectivity index (χ1n) is 8.91. The number of aromatic nitrogens is 2. The van der Waals surface area contributed by atoms with Crippen molar-refractivity contribution in [2.24, 2.45) is 0 Å². The first-order valence-corrected chi connectivity index (χ1v) is 8.91. The van der Waals surface area contributed by atoms with Gasteiger partial charge in [0.1, 0.15) is 11.5 Å². The van der Waals surface area contributed by atoms with Gasteiger partial charge in [0.05, 0.1) is 5.69 Å². The molecule has 4 rings (SSSR count). The van der Waals surface area contributed by atoms with E-state index in [4.69, 9.17) is 0 Å². The fraction of sp³-hybridized carbons (Fsp3) is 0.474. The molecule has 2 bridgehead atoms. The van der Waals surface area contributed by atoms with Crippen molar-refractivity contribution in [2.75, 3.05) is 13.1 Å². The Labute approximate surface area is 146 Å². The van der Waals surface area contributed by atoms with Crippen LogP contribution in [-0.4, -0.2) is 45.8 Å². The SMILES string of the molecule is Cc1cc(C)n(-c2ccc(C(=O)N3C4CCNCC3CC4)cc2F)n1. The molecular weight excluding hydrogens is 319 g/mol. The number of carbonyl (C=O) groups is 1. The number of rotatable bonds is 2. The average molecular weight is 342 g/mol. The Morgan fingerprint density at radius 2 is 2.00 bits per heavy atom. The van der Waals surface area contributed by atoms with Gasteiger partial charge in [-0.1, -0.05) is 0 Å². The third-order valence-corrected chi connectivity index (χ3v) is 5.32. The van der Waals surface area contributed by atoms with E-state index in [1.165, 1.54) is 6.07 Å². The number of halogens is 1. The fourth-order valence-electron chi connectivity index (χ4n) is 4.15.